The van der Waals surface area contributed by atoms with Gasteiger partial charge < -0.3 is 19.9 Å². The van der Waals surface area contributed by atoms with Crippen molar-refractivity contribution in [2.75, 3.05) is 46.4 Å². The summed E-state index contributed by atoms with van der Waals surface area (Å²) in [6.07, 6.45) is 1.14. The topological polar surface area (TPSA) is 61.9 Å². The first-order chi connectivity index (χ1) is 11.6. The lowest BCUT2D eigenvalue weighted by Crippen LogP contribution is -2.43. The molecule has 0 aliphatic carbocycles. The summed E-state index contributed by atoms with van der Waals surface area (Å²) in [5.74, 6) is 0.0824. The van der Waals surface area contributed by atoms with E-state index < -0.39 is 0 Å². The summed E-state index contributed by atoms with van der Waals surface area (Å²) in [6, 6.07) is 7.22. The zero-order valence-corrected chi connectivity index (χ0v) is 14.7. The smallest absolute Gasteiger partial charge is 0.317 e. The molecule has 2 rings (SSSR count). The number of hydrogen-bond acceptors (Lipinski definition) is 3. The summed E-state index contributed by atoms with van der Waals surface area (Å²) in [5, 5.41) is 3.48. The molecule has 1 N–H and O–H groups in total. The van der Waals surface area contributed by atoms with Crippen molar-refractivity contribution in [1.82, 2.24) is 15.1 Å². The van der Waals surface area contributed by atoms with Crippen LogP contribution in [0.4, 0.5) is 4.79 Å². The summed E-state index contributed by atoms with van der Waals surface area (Å²) < 4.78 is 4.92. The monoisotopic (exact) mass is 353 g/mol. The SMILES string of the molecule is COCCNC(=O)N1CCCN(C(=O)Cc2ccc(Cl)cc2)CC1. The van der Waals surface area contributed by atoms with Gasteiger partial charge in [0, 0.05) is 44.9 Å². The quantitative estimate of drug-likeness (QED) is 0.821. The average Bonchev–Trinajstić information content (AvgIpc) is 2.83. The molecule has 1 heterocycles. The van der Waals surface area contributed by atoms with Crippen molar-refractivity contribution in [2.24, 2.45) is 0 Å². The first-order valence-corrected chi connectivity index (χ1v) is 8.52. The minimum Gasteiger partial charge on any atom is -0.383 e. The van der Waals surface area contributed by atoms with Gasteiger partial charge in [0.1, 0.15) is 0 Å². The molecule has 0 saturated carbocycles. The third-order valence-electron chi connectivity index (χ3n) is 3.99. The van der Waals surface area contributed by atoms with Crippen LogP contribution in [0.25, 0.3) is 0 Å². The predicted molar refractivity (Wildman–Crippen MR) is 93.2 cm³/mol. The lowest BCUT2D eigenvalue weighted by atomic mass is 10.1. The number of urea groups is 1. The lowest BCUT2D eigenvalue weighted by Gasteiger charge is -2.22. The Kier molecular flexibility index (Phi) is 7.34. The minimum atomic E-state index is -0.0981. The Bertz CT molecular complexity index is 551. The number of benzene rings is 1. The van der Waals surface area contributed by atoms with Gasteiger partial charge in [0.15, 0.2) is 0 Å². The van der Waals surface area contributed by atoms with Crippen LogP contribution in [0.5, 0.6) is 0 Å². The first kappa shape index (κ1) is 18.5. The maximum Gasteiger partial charge on any atom is 0.317 e. The molecule has 0 atom stereocenters. The molecule has 24 heavy (non-hydrogen) atoms. The fourth-order valence-corrected chi connectivity index (χ4v) is 2.76. The normalized spacial score (nSPS) is 15.1. The molecule has 1 aliphatic heterocycles. The highest BCUT2D eigenvalue weighted by Crippen LogP contribution is 2.12. The zero-order chi connectivity index (χ0) is 17.4. The van der Waals surface area contributed by atoms with Gasteiger partial charge in [-0.05, 0) is 24.1 Å². The largest absolute Gasteiger partial charge is 0.383 e. The van der Waals surface area contributed by atoms with Crippen LogP contribution in [-0.2, 0) is 16.0 Å². The zero-order valence-electron chi connectivity index (χ0n) is 14.0. The average molecular weight is 354 g/mol. The number of carbonyl (C=O) groups is 2. The van der Waals surface area contributed by atoms with Crippen LogP contribution < -0.4 is 5.32 Å². The Hall–Kier alpha value is -1.79. The van der Waals surface area contributed by atoms with Gasteiger partial charge in [0.25, 0.3) is 0 Å². The van der Waals surface area contributed by atoms with Crippen LogP contribution in [0.1, 0.15) is 12.0 Å². The second-order valence-electron chi connectivity index (χ2n) is 5.75. The molecule has 1 saturated heterocycles. The van der Waals surface area contributed by atoms with Gasteiger partial charge in [-0.15, -0.1) is 0 Å². The molecule has 7 heteroatoms. The molecule has 0 aromatic heterocycles. The highest BCUT2D eigenvalue weighted by atomic mass is 35.5. The number of carbonyl (C=O) groups excluding carboxylic acids is 2. The standard InChI is InChI=1S/C17H24ClN3O3/c1-24-12-7-19-17(23)21-9-2-8-20(10-11-21)16(22)13-14-3-5-15(18)6-4-14/h3-6H,2,7-13H2,1H3,(H,19,23). The number of halogens is 1. The lowest BCUT2D eigenvalue weighted by molar-refractivity contribution is -0.130. The van der Waals surface area contributed by atoms with Crippen molar-refractivity contribution < 1.29 is 14.3 Å². The molecule has 1 aromatic carbocycles. The van der Waals surface area contributed by atoms with E-state index in [9.17, 15) is 9.59 Å². The third kappa shape index (κ3) is 5.69. The number of nitrogens with zero attached hydrogens (tertiary/aromatic N) is 2. The van der Waals surface area contributed by atoms with E-state index in [0.29, 0.717) is 50.8 Å². The minimum absolute atomic E-state index is 0.0824. The van der Waals surface area contributed by atoms with Crippen LogP contribution in [0.15, 0.2) is 24.3 Å². The maximum absolute atomic E-state index is 12.4. The molecule has 1 fully saturated rings. The van der Waals surface area contributed by atoms with E-state index in [-0.39, 0.29) is 11.9 Å². The van der Waals surface area contributed by atoms with E-state index in [0.717, 1.165) is 12.0 Å². The van der Waals surface area contributed by atoms with E-state index >= 15 is 0 Å². The Morgan fingerprint density at radius 3 is 2.50 bits per heavy atom. The second-order valence-corrected chi connectivity index (χ2v) is 6.19. The summed E-state index contributed by atoms with van der Waals surface area (Å²) >= 11 is 5.86. The highest BCUT2D eigenvalue weighted by molar-refractivity contribution is 6.30. The fraction of sp³-hybridized carbons (Fsp3) is 0.529. The van der Waals surface area contributed by atoms with E-state index in [1.54, 1.807) is 24.1 Å². The van der Waals surface area contributed by atoms with Gasteiger partial charge >= 0.3 is 6.03 Å². The summed E-state index contributed by atoms with van der Waals surface area (Å²) in [4.78, 5) is 28.1. The van der Waals surface area contributed by atoms with Crippen LogP contribution in [0.2, 0.25) is 5.02 Å². The van der Waals surface area contributed by atoms with E-state index in [1.807, 2.05) is 17.0 Å². The van der Waals surface area contributed by atoms with Gasteiger partial charge in [0.05, 0.1) is 13.0 Å². The van der Waals surface area contributed by atoms with Crippen LogP contribution in [0, 0.1) is 0 Å². The van der Waals surface area contributed by atoms with Crippen molar-refractivity contribution in [3.63, 3.8) is 0 Å². The van der Waals surface area contributed by atoms with Gasteiger partial charge in [0.2, 0.25) is 5.91 Å². The van der Waals surface area contributed by atoms with Crippen molar-refractivity contribution in [3.05, 3.63) is 34.9 Å². The third-order valence-corrected chi connectivity index (χ3v) is 4.24. The Balaban J connectivity index is 1.82. The molecule has 1 aliphatic rings. The number of nitrogens with one attached hydrogen (secondary N) is 1. The fourth-order valence-electron chi connectivity index (χ4n) is 2.63. The molecular formula is C17H24ClN3O3. The Morgan fingerprint density at radius 2 is 1.79 bits per heavy atom. The molecule has 0 unspecified atom stereocenters. The van der Waals surface area contributed by atoms with Crippen LogP contribution in [-0.4, -0.2) is 68.2 Å². The van der Waals surface area contributed by atoms with Gasteiger partial charge in [-0.2, -0.15) is 0 Å². The predicted octanol–water partition coefficient (Wildman–Crippen LogP) is 1.77. The van der Waals surface area contributed by atoms with Crippen molar-refractivity contribution >= 4 is 23.5 Å². The molecule has 0 radical (unpaired) electrons. The number of ether oxygens (including phenoxy) is 1. The molecular weight excluding hydrogens is 330 g/mol. The van der Waals surface area contributed by atoms with Crippen LogP contribution in [0.3, 0.4) is 0 Å². The number of rotatable bonds is 5. The van der Waals surface area contributed by atoms with Crippen molar-refractivity contribution in [1.29, 1.82) is 0 Å². The van der Waals surface area contributed by atoms with E-state index in [1.165, 1.54) is 0 Å². The molecule has 6 nitrogen and oxygen atoms in total. The molecule has 3 amide bonds. The summed E-state index contributed by atoms with van der Waals surface area (Å²) in [7, 11) is 1.60. The number of methoxy groups -OCH3 is 1. The Labute approximate surface area is 147 Å². The van der Waals surface area contributed by atoms with Gasteiger partial charge in [-0.1, -0.05) is 23.7 Å². The summed E-state index contributed by atoms with van der Waals surface area (Å²) in [5.41, 5.74) is 0.947. The highest BCUT2D eigenvalue weighted by Gasteiger charge is 2.21. The summed E-state index contributed by atoms with van der Waals surface area (Å²) in [6.45, 7) is 3.42. The van der Waals surface area contributed by atoms with E-state index in [2.05, 4.69) is 5.32 Å². The van der Waals surface area contributed by atoms with Gasteiger partial charge in [-0.25, -0.2) is 4.79 Å². The second kappa shape index (κ2) is 9.49. The number of amides is 3. The van der Waals surface area contributed by atoms with Gasteiger partial charge in [-0.3, -0.25) is 4.79 Å². The molecule has 132 valence electrons. The van der Waals surface area contributed by atoms with Crippen molar-refractivity contribution in [3.8, 4) is 0 Å². The Morgan fingerprint density at radius 1 is 1.12 bits per heavy atom. The maximum atomic E-state index is 12.4. The van der Waals surface area contributed by atoms with Crippen LogP contribution >= 0.6 is 11.6 Å². The molecule has 1 aromatic rings. The number of hydrogen-bond donors (Lipinski definition) is 1. The molecule has 0 bridgehead atoms. The first-order valence-electron chi connectivity index (χ1n) is 8.14. The molecule has 0 spiro atoms. The van der Waals surface area contributed by atoms with Crippen molar-refractivity contribution in [2.45, 2.75) is 12.8 Å². The van der Waals surface area contributed by atoms with E-state index in [4.69, 9.17) is 16.3 Å².